The Morgan fingerprint density at radius 2 is 2.00 bits per heavy atom. The molecule has 2 heterocycles. The third-order valence-corrected chi connectivity index (χ3v) is 2.81. The molecule has 0 aliphatic carbocycles. The zero-order valence-corrected chi connectivity index (χ0v) is 11.9. The first kappa shape index (κ1) is 12.8. The molecule has 2 aromatic rings. The molecule has 6 heteroatoms. The van der Waals surface area contributed by atoms with Crippen LogP contribution in [0, 0.1) is 13.8 Å². The Morgan fingerprint density at radius 1 is 1.28 bits per heavy atom. The van der Waals surface area contributed by atoms with Gasteiger partial charge in [0.15, 0.2) is 0 Å². The fourth-order valence-electron chi connectivity index (χ4n) is 1.68. The minimum atomic E-state index is -0.105. The lowest BCUT2D eigenvalue weighted by atomic mass is 10.3. The van der Waals surface area contributed by atoms with Crippen LogP contribution in [0.25, 0.3) is 0 Å². The van der Waals surface area contributed by atoms with Crippen LogP contribution in [-0.4, -0.2) is 14.5 Å². The third kappa shape index (κ3) is 2.76. The van der Waals surface area contributed by atoms with Crippen LogP contribution in [0.5, 0.6) is 0 Å². The Kier molecular flexibility index (Phi) is 3.47. The number of anilines is 2. The maximum atomic E-state index is 11.9. The van der Waals surface area contributed by atoms with Gasteiger partial charge in [-0.2, -0.15) is 0 Å². The molecule has 2 rings (SSSR count). The topological polar surface area (TPSA) is 59.8 Å². The Hall–Kier alpha value is -1.69. The maximum Gasteiger partial charge on any atom is 0.274 e. The van der Waals surface area contributed by atoms with E-state index in [1.807, 2.05) is 13.8 Å². The molecule has 18 heavy (non-hydrogen) atoms. The van der Waals surface area contributed by atoms with Crippen molar-refractivity contribution in [2.45, 2.75) is 13.8 Å². The molecule has 0 bridgehead atoms. The minimum absolute atomic E-state index is 0.105. The SMILES string of the molecule is Cc1cc(Nc2cc(Br)cn(C)c2=O)nc(C)n1. The summed E-state index contributed by atoms with van der Waals surface area (Å²) >= 11 is 3.36. The van der Waals surface area contributed by atoms with Crippen molar-refractivity contribution in [3.63, 3.8) is 0 Å². The molecule has 94 valence electrons. The third-order valence-electron chi connectivity index (χ3n) is 2.38. The van der Waals surface area contributed by atoms with Gasteiger partial charge in [0.05, 0.1) is 0 Å². The zero-order chi connectivity index (χ0) is 13.3. The molecule has 5 nitrogen and oxygen atoms in total. The number of hydrogen-bond acceptors (Lipinski definition) is 4. The number of hydrogen-bond donors (Lipinski definition) is 1. The van der Waals surface area contributed by atoms with Crippen molar-refractivity contribution in [2.24, 2.45) is 7.05 Å². The van der Waals surface area contributed by atoms with E-state index >= 15 is 0 Å². The van der Waals surface area contributed by atoms with Crippen molar-refractivity contribution < 1.29 is 0 Å². The standard InChI is InChI=1S/C12H13BrN4O/c1-7-4-11(15-8(2)14-7)16-10-5-9(13)6-17(3)12(10)18/h4-6H,1-3H3,(H,14,15,16). The number of aryl methyl sites for hydroxylation is 3. The summed E-state index contributed by atoms with van der Waals surface area (Å²) in [7, 11) is 1.70. The normalized spacial score (nSPS) is 10.4. The fraction of sp³-hybridized carbons (Fsp3) is 0.250. The van der Waals surface area contributed by atoms with Crippen LogP contribution in [-0.2, 0) is 7.05 Å². The Bertz CT molecular complexity index is 631. The van der Waals surface area contributed by atoms with Crippen LogP contribution in [0.1, 0.15) is 11.5 Å². The van der Waals surface area contributed by atoms with Gasteiger partial charge < -0.3 is 9.88 Å². The van der Waals surface area contributed by atoms with Gasteiger partial charge in [0.1, 0.15) is 17.3 Å². The predicted octanol–water partition coefficient (Wildman–Crippen LogP) is 2.30. The fourth-order valence-corrected chi connectivity index (χ4v) is 2.22. The van der Waals surface area contributed by atoms with E-state index in [0.717, 1.165) is 10.2 Å². The minimum Gasteiger partial charge on any atom is -0.336 e. The second-order valence-corrected chi connectivity index (χ2v) is 4.97. The van der Waals surface area contributed by atoms with E-state index in [2.05, 4.69) is 31.2 Å². The van der Waals surface area contributed by atoms with Gasteiger partial charge in [0, 0.05) is 29.5 Å². The summed E-state index contributed by atoms with van der Waals surface area (Å²) in [6, 6.07) is 3.53. The molecule has 0 aliphatic rings. The molecule has 0 fully saturated rings. The number of nitrogens with one attached hydrogen (secondary N) is 1. The summed E-state index contributed by atoms with van der Waals surface area (Å²) in [6.07, 6.45) is 1.71. The molecule has 0 aromatic carbocycles. The van der Waals surface area contributed by atoms with Crippen LogP contribution in [0.4, 0.5) is 11.5 Å². The molecule has 0 saturated heterocycles. The highest BCUT2D eigenvalue weighted by Gasteiger charge is 2.05. The number of nitrogens with zero attached hydrogens (tertiary/aromatic N) is 3. The van der Waals surface area contributed by atoms with E-state index in [4.69, 9.17) is 0 Å². The summed E-state index contributed by atoms with van der Waals surface area (Å²) in [5.41, 5.74) is 1.23. The van der Waals surface area contributed by atoms with Gasteiger partial charge in [-0.3, -0.25) is 4.79 Å². The largest absolute Gasteiger partial charge is 0.336 e. The van der Waals surface area contributed by atoms with Crippen molar-refractivity contribution in [3.8, 4) is 0 Å². The highest BCUT2D eigenvalue weighted by Crippen LogP contribution is 2.16. The zero-order valence-electron chi connectivity index (χ0n) is 10.4. The second kappa shape index (κ2) is 4.89. The van der Waals surface area contributed by atoms with Gasteiger partial charge in [-0.1, -0.05) is 0 Å². The Labute approximate surface area is 113 Å². The molecule has 0 spiro atoms. The molecule has 0 saturated carbocycles. The molecule has 0 aliphatic heterocycles. The van der Waals surface area contributed by atoms with Gasteiger partial charge in [-0.15, -0.1) is 0 Å². The summed E-state index contributed by atoms with van der Waals surface area (Å²) < 4.78 is 2.34. The maximum absolute atomic E-state index is 11.9. The number of halogens is 1. The smallest absolute Gasteiger partial charge is 0.274 e. The first-order chi connectivity index (χ1) is 8.45. The number of rotatable bonds is 2. The van der Waals surface area contributed by atoms with Crippen molar-refractivity contribution >= 4 is 27.4 Å². The Morgan fingerprint density at radius 3 is 2.67 bits per heavy atom. The molecular formula is C12H13BrN4O. The van der Waals surface area contributed by atoms with E-state index in [9.17, 15) is 4.79 Å². The van der Waals surface area contributed by atoms with Gasteiger partial charge in [-0.25, -0.2) is 9.97 Å². The molecule has 0 atom stereocenters. The van der Waals surface area contributed by atoms with Gasteiger partial charge in [0.2, 0.25) is 0 Å². The second-order valence-electron chi connectivity index (χ2n) is 4.05. The summed E-state index contributed by atoms with van der Waals surface area (Å²) in [6.45, 7) is 3.70. The van der Waals surface area contributed by atoms with Gasteiger partial charge >= 0.3 is 0 Å². The summed E-state index contributed by atoms with van der Waals surface area (Å²) in [4.78, 5) is 20.4. The van der Waals surface area contributed by atoms with Crippen LogP contribution in [0.3, 0.4) is 0 Å². The monoisotopic (exact) mass is 308 g/mol. The lowest BCUT2D eigenvalue weighted by Gasteiger charge is -2.08. The molecule has 1 N–H and O–H groups in total. The lowest BCUT2D eigenvalue weighted by Crippen LogP contribution is -2.19. The van der Waals surface area contributed by atoms with Crippen LogP contribution in [0.15, 0.2) is 27.6 Å². The first-order valence-electron chi connectivity index (χ1n) is 5.41. The summed E-state index contributed by atoms with van der Waals surface area (Å²) in [5, 5.41) is 3.02. The summed E-state index contributed by atoms with van der Waals surface area (Å²) in [5.74, 6) is 1.29. The number of pyridine rings is 1. The van der Waals surface area contributed by atoms with E-state index in [1.54, 1.807) is 25.4 Å². The lowest BCUT2D eigenvalue weighted by molar-refractivity contribution is 0.857. The van der Waals surface area contributed by atoms with E-state index in [0.29, 0.717) is 17.3 Å². The van der Waals surface area contributed by atoms with Crippen LogP contribution >= 0.6 is 15.9 Å². The van der Waals surface area contributed by atoms with E-state index in [-0.39, 0.29) is 5.56 Å². The van der Waals surface area contributed by atoms with Gasteiger partial charge in [0.25, 0.3) is 5.56 Å². The molecule has 0 unspecified atom stereocenters. The molecule has 0 amide bonds. The first-order valence-corrected chi connectivity index (χ1v) is 6.20. The van der Waals surface area contributed by atoms with Gasteiger partial charge in [-0.05, 0) is 35.8 Å². The van der Waals surface area contributed by atoms with E-state index in [1.165, 1.54) is 4.57 Å². The quantitative estimate of drug-likeness (QED) is 0.925. The predicted molar refractivity (Wildman–Crippen MR) is 74.2 cm³/mol. The molecular weight excluding hydrogens is 296 g/mol. The molecule has 2 aromatic heterocycles. The van der Waals surface area contributed by atoms with E-state index < -0.39 is 0 Å². The average Bonchev–Trinajstić information content (AvgIpc) is 2.23. The molecule has 0 radical (unpaired) electrons. The highest BCUT2D eigenvalue weighted by atomic mass is 79.9. The van der Waals surface area contributed by atoms with Crippen molar-refractivity contribution in [3.05, 3.63) is 44.7 Å². The van der Waals surface area contributed by atoms with Crippen molar-refractivity contribution in [1.29, 1.82) is 0 Å². The van der Waals surface area contributed by atoms with Crippen molar-refractivity contribution in [2.75, 3.05) is 5.32 Å². The number of aromatic nitrogens is 3. The average molecular weight is 309 g/mol. The highest BCUT2D eigenvalue weighted by molar-refractivity contribution is 9.10. The Balaban J connectivity index is 2.43. The van der Waals surface area contributed by atoms with Crippen molar-refractivity contribution in [1.82, 2.24) is 14.5 Å². The van der Waals surface area contributed by atoms with Crippen LogP contribution in [0.2, 0.25) is 0 Å². The van der Waals surface area contributed by atoms with Crippen LogP contribution < -0.4 is 10.9 Å².